The number of ketones is 1. The average molecular weight is 555 g/mol. The summed E-state index contributed by atoms with van der Waals surface area (Å²) in [5.41, 5.74) is 3.13. The second-order valence-electron chi connectivity index (χ2n) is 9.80. The van der Waals surface area contributed by atoms with E-state index in [0.29, 0.717) is 65.6 Å². The Morgan fingerprint density at radius 1 is 0.949 bits per heavy atom. The molecule has 0 bridgehead atoms. The summed E-state index contributed by atoms with van der Waals surface area (Å²) in [6, 6.07) is 12.7. The van der Waals surface area contributed by atoms with Crippen molar-refractivity contribution >= 4 is 29.3 Å². The third kappa shape index (κ3) is 6.57. The second-order valence-corrected chi connectivity index (χ2v) is 10.2. The first-order valence-electron chi connectivity index (χ1n) is 12.9. The minimum atomic E-state index is -0.670. The summed E-state index contributed by atoms with van der Waals surface area (Å²) in [4.78, 5) is 41.0. The molecule has 0 spiro atoms. The van der Waals surface area contributed by atoms with Crippen LogP contribution < -0.4 is 5.32 Å². The van der Waals surface area contributed by atoms with E-state index in [0.717, 1.165) is 5.56 Å². The Labute approximate surface area is 232 Å². The van der Waals surface area contributed by atoms with Gasteiger partial charge >= 0.3 is 11.9 Å². The van der Waals surface area contributed by atoms with Crippen molar-refractivity contribution in [3.8, 4) is 0 Å². The van der Waals surface area contributed by atoms with Gasteiger partial charge in [0.05, 0.1) is 24.2 Å². The van der Waals surface area contributed by atoms with Crippen molar-refractivity contribution < 1.29 is 28.2 Å². The number of Topliss-reactive ketones (excluding diaryl/α,β-unsaturated/α-hetero) is 1. The lowest BCUT2D eigenvalue weighted by molar-refractivity contribution is -0.140. The Kier molecular flexibility index (Phi) is 9.20. The van der Waals surface area contributed by atoms with Gasteiger partial charge in [0, 0.05) is 34.4 Å². The molecular weight excluding hydrogens is 523 g/mol. The van der Waals surface area contributed by atoms with Crippen LogP contribution in [0.3, 0.4) is 0 Å². The Balaban J connectivity index is 1.38. The predicted molar refractivity (Wildman–Crippen MR) is 146 cm³/mol. The van der Waals surface area contributed by atoms with E-state index in [4.69, 9.17) is 21.1 Å². The molecule has 0 aliphatic carbocycles. The second kappa shape index (κ2) is 12.6. The number of benzene rings is 2. The van der Waals surface area contributed by atoms with Crippen LogP contribution in [0.25, 0.3) is 0 Å². The molecule has 1 N–H and O–H groups in total. The van der Waals surface area contributed by atoms with Crippen LogP contribution in [0, 0.1) is 11.7 Å². The third-order valence-corrected chi connectivity index (χ3v) is 7.57. The minimum Gasteiger partial charge on any atom is -0.466 e. The van der Waals surface area contributed by atoms with Crippen molar-refractivity contribution in [3.63, 3.8) is 0 Å². The molecule has 2 aliphatic heterocycles. The molecule has 0 aromatic heterocycles. The van der Waals surface area contributed by atoms with Gasteiger partial charge in [-0.3, -0.25) is 9.69 Å². The zero-order chi connectivity index (χ0) is 28.1. The molecule has 1 unspecified atom stereocenters. The van der Waals surface area contributed by atoms with Gasteiger partial charge in [-0.25, -0.2) is 14.0 Å². The Morgan fingerprint density at radius 3 is 2.13 bits per heavy atom. The first-order chi connectivity index (χ1) is 18.7. The summed E-state index contributed by atoms with van der Waals surface area (Å²) in [7, 11) is 1.31. The van der Waals surface area contributed by atoms with E-state index >= 15 is 0 Å². The van der Waals surface area contributed by atoms with Crippen molar-refractivity contribution in [1.82, 2.24) is 10.2 Å². The van der Waals surface area contributed by atoms with E-state index in [2.05, 4.69) is 10.2 Å². The van der Waals surface area contributed by atoms with E-state index in [1.807, 2.05) is 0 Å². The Morgan fingerprint density at radius 2 is 1.54 bits per heavy atom. The molecule has 2 aromatic rings. The summed E-state index contributed by atoms with van der Waals surface area (Å²) in [5.74, 6) is -2.16. The SMILES string of the molecule is COC(=O)C1=C(C)NC(C)=C(C(=O)OCCN2CCC(C(=O)c3ccc(F)cc3)CC2)C1c1ccc(Cl)cc1. The normalized spacial score (nSPS) is 18.5. The van der Waals surface area contributed by atoms with Crippen LogP contribution >= 0.6 is 11.6 Å². The van der Waals surface area contributed by atoms with Crippen LogP contribution in [-0.4, -0.2) is 56.0 Å². The van der Waals surface area contributed by atoms with Crippen molar-refractivity contribution in [2.24, 2.45) is 5.92 Å². The molecule has 1 atom stereocenters. The number of carbonyl (C=O) groups is 3. The predicted octanol–water partition coefficient (Wildman–Crippen LogP) is 5.03. The maximum Gasteiger partial charge on any atom is 0.336 e. The van der Waals surface area contributed by atoms with E-state index in [1.54, 1.807) is 38.1 Å². The van der Waals surface area contributed by atoms with E-state index in [-0.39, 0.29) is 24.1 Å². The first kappa shape index (κ1) is 28.5. The number of piperidine rings is 1. The highest BCUT2D eigenvalue weighted by Gasteiger charge is 2.38. The smallest absolute Gasteiger partial charge is 0.336 e. The van der Waals surface area contributed by atoms with Gasteiger partial charge in [0.1, 0.15) is 12.4 Å². The third-order valence-electron chi connectivity index (χ3n) is 7.32. The molecule has 0 radical (unpaired) electrons. The lowest BCUT2D eigenvalue weighted by atomic mass is 9.80. The molecule has 4 rings (SSSR count). The molecule has 2 aromatic carbocycles. The molecular formula is C30H32ClFN2O5. The van der Waals surface area contributed by atoms with Crippen molar-refractivity contribution in [2.75, 3.05) is 33.4 Å². The van der Waals surface area contributed by atoms with E-state index < -0.39 is 17.9 Å². The van der Waals surface area contributed by atoms with Gasteiger partial charge in [-0.1, -0.05) is 23.7 Å². The van der Waals surface area contributed by atoms with Gasteiger partial charge in [-0.15, -0.1) is 0 Å². The fourth-order valence-electron chi connectivity index (χ4n) is 5.25. The summed E-state index contributed by atoms with van der Waals surface area (Å²) >= 11 is 6.08. The number of hydrogen-bond donors (Lipinski definition) is 1. The van der Waals surface area contributed by atoms with Gasteiger partial charge in [0.15, 0.2) is 5.78 Å². The highest BCUT2D eigenvalue weighted by Crippen LogP contribution is 2.39. The number of likely N-dealkylation sites (tertiary alicyclic amines) is 1. The molecule has 7 nitrogen and oxygen atoms in total. The van der Waals surface area contributed by atoms with Gasteiger partial charge in [0.2, 0.25) is 0 Å². The molecule has 0 saturated carbocycles. The summed E-state index contributed by atoms with van der Waals surface area (Å²) in [5, 5.41) is 3.67. The van der Waals surface area contributed by atoms with Gasteiger partial charge in [0.25, 0.3) is 0 Å². The number of carbonyl (C=O) groups excluding carboxylic acids is 3. The van der Waals surface area contributed by atoms with Crippen LogP contribution in [0.15, 0.2) is 71.1 Å². The molecule has 9 heteroatoms. The fraction of sp³-hybridized carbons (Fsp3) is 0.367. The Bertz CT molecular complexity index is 1300. The number of ether oxygens (including phenoxy) is 2. The average Bonchev–Trinajstić information content (AvgIpc) is 2.93. The number of methoxy groups -OCH3 is 1. The molecule has 39 heavy (non-hydrogen) atoms. The van der Waals surface area contributed by atoms with Crippen LogP contribution in [0.1, 0.15) is 48.5 Å². The largest absolute Gasteiger partial charge is 0.466 e. The number of nitrogens with zero attached hydrogens (tertiary/aromatic N) is 1. The first-order valence-corrected chi connectivity index (χ1v) is 13.3. The van der Waals surface area contributed by atoms with Crippen LogP contribution in [0.4, 0.5) is 4.39 Å². The number of esters is 2. The van der Waals surface area contributed by atoms with Gasteiger partial charge in [-0.2, -0.15) is 0 Å². The number of halogens is 2. The maximum absolute atomic E-state index is 13.4. The molecule has 1 saturated heterocycles. The summed E-state index contributed by atoms with van der Waals surface area (Å²) < 4.78 is 23.9. The monoisotopic (exact) mass is 554 g/mol. The standard InChI is InChI=1S/C30H32ClFN2O5/c1-18-25(29(36)38-3)27(20-4-8-23(31)9-5-20)26(19(2)33-18)30(37)39-17-16-34-14-12-22(13-15-34)28(35)21-6-10-24(32)11-7-21/h4-11,22,27,33H,12-17H2,1-3H3. The van der Waals surface area contributed by atoms with Crippen LogP contribution in [0.2, 0.25) is 5.02 Å². The van der Waals surface area contributed by atoms with Gasteiger partial charge in [-0.05, 0) is 81.7 Å². The topological polar surface area (TPSA) is 84.9 Å². The number of nitrogens with one attached hydrogen (secondary N) is 1. The highest BCUT2D eigenvalue weighted by atomic mass is 35.5. The lowest BCUT2D eigenvalue weighted by Crippen LogP contribution is -2.39. The van der Waals surface area contributed by atoms with Gasteiger partial charge < -0.3 is 14.8 Å². The van der Waals surface area contributed by atoms with Crippen molar-refractivity contribution in [3.05, 3.63) is 93.0 Å². The number of allylic oxidation sites excluding steroid dienone is 2. The molecule has 1 fully saturated rings. The van der Waals surface area contributed by atoms with Crippen molar-refractivity contribution in [2.45, 2.75) is 32.6 Å². The van der Waals surface area contributed by atoms with Crippen molar-refractivity contribution in [1.29, 1.82) is 0 Å². The van der Waals surface area contributed by atoms with E-state index in [1.165, 1.54) is 31.4 Å². The summed E-state index contributed by atoms with van der Waals surface area (Å²) in [6.07, 6.45) is 1.37. The quantitative estimate of drug-likeness (QED) is 0.362. The lowest BCUT2D eigenvalue weighted by Gasteiger charge is -2.32. The fourth-order valence-corrected chi connectivity index (χ4v) is 5.37. The number of dihydropyridines is 1. The maximum atomic E-state index is 13.4. The minimum absolute atomic E-state index is 0.0336. The molecule has 2 aliphatic rings. The highest BCUT2D eigenvalue weighted by molar-refractivity contribution is 6.30. The van der Waals surface area contributed by atoms with Crippen LogP contribution in [0.5, 0.6) is 0 Å². The summed E-state index contributed by atoms with van der Waals surface area (Å²) in [6.45, 7) is 5.62. The zero-order valence-electron chi connectivity index (χ0n) is 22.3. The molecule has 206 valence electrons. The van der Waals surface area contributed by atoms with E-state index in [9.17, 15) is 18.8 Å². The number of hydrogen-bond acceptors (Lipinski definition) is 7. The Hall–Kier alpha value is -3.49. The number of rotatable bonds is 8. The van der Waals surface area contributed by atoms with Crippen LogP contribution in [-0.2, 0) is 19.1 Å². The molecule has 2 heterocycles. The molecule has 0 amide bonds. The zero-order valence-corrected chi connectivity index (χ0v) is 23.0.